The number of likely N-dealkylation sites (N-methyl/N-ethyl adjacent to an activating group) is 1. The molecule has 18 heavy (non-hydrogen) atoms. The third kappa shape index (κ3) is 3.04. The van der Waals surface area contributed by atoms with Gasteiger partial charge in [0.15, 0.2) is 0 Å². The highest BCUT2D eigenvalue weighted by Gasteiger charge is 2.05. The first kappa shape index (κ1) is 12.5. The second-order valence-electron chi connectivity index (χ2n) is 4.72. The predicted molar refractivity (Wildman–Crippen MR) is 79.0 cm³/mol. The van der Waals surface area contributed by atoms with Crippen molar-refractivity contribution in [1.82, 2.24) is 0 Å². The lowest BCUT2D eigenvalue weighted by atomic mass is 10.1. The number of benzene rings is 2. The van der Waals surface area contributed by atoms with Gasteiger partial charge in [-0.25, -0.2) is 0 Å². The summed E-state index contributed by atoms with van der Waals surface area (Å²) in [5.74, 6) is 0. The quantitative estimate of drug-likeness (QED) is 0.831. The topological polar surface area (TPSA) is 29.3 Å². The van der Waals surface area contributed by atoms with E-state index < -0.39 is 0 Å². The van der Waals surface area contributed by atoms with Crippen LogP contribution in [0.5, 0.6) is 0 Å². The minimum absolute atomic E-state index is 0.844. The van der Waals surface area contributed by atoms with Crippen molar-refractivity contribution in [1.29, 1.82) is 0 Å². The van der Waals surface area contributed by atoms with E-state index in [0.717, 1.165) is 24.3 Å². The second kappa shape index (κ2) is 5.58. The normalized spacial score (nSPS) is 10.3. The van der Waals surface area contributed by atoms with Crippen LogP contribution in [-0.2, 0) is 6.42 Å². The molecule has 0 aliphatic rings. The molecular formula is C16H20N2. The van der Waals surface area contributed by atoms with E-state index in [2.05, 4.69) is 49.2 Å². The van der Waals surface area contributed by atoms with Gasteiger partial charge in [0.2, 0.25) is 0 Å². The Bertz CT molecular complexity index is 506. The highest BCUT2D eigenvalue weighted by atomic mass is 15.1. The number of nitrogen functional groups attached to an aromatic ring is 1. The van der Waals surface area contributed by atoms with E-state index in [1.165, 1.54) is 11.1 Å². The van der Waals surface area contributed by atoms with Crippen LogP contribution in [0, 0.1) is 6.92 Å². The van der Waals surface area contributed by atoms with Crippen LogP contribution in [0.3, 0.4) is 0 Å². The summed E-state index contributed by atoms with van der Waals surface area (Å²) < 4.78 is 0. The number of hydrogen-bond donors (Lipinski definition) is 1. The first-order valence-electron chi connectivity index (χ1n) is 6.28. The van der Waals surface area contributed by atoms with E-state index >= 15 is 0 Å². The molecule has 2 aromatic rings. The van der Waals surface area contributed by atoms with Crippen LogP contribution in [0.25, 0.3) is 0 Å². The van der Waals surface area contributed by atoms with E-state index in [0.29, 0.717) is 0 Å². The molecule has 0 saturated carbocycles. The van der Waals surface area contributed by atoms with Crippen molar-refractivity contribution in [3.8, 4) is 0 Å². The van der Waals surface area contributed by atoms with Gasteiger partial charge in [-0.2, -0.15) is 0 Å². The molecule has 0 spiro atoms. The van der Waals surface area contributed by atoms with Crippen LogP contribution < -0.4 is 10.6 Å². The summed E-state index contributed by atoms with van der Waals surface area (Å²) in [4.78, 5) is 2.22. The number of nitrogens with zero attached hydrogens (tertiary/aromatic N) is 1. The molecule has 2 heteroatoms. The summed E-state index contributed by atoms with van der Waals surface area (Å²) >= 11 is 0. The smallest absolute Gasteiger partial charge is 0.0600 e. The molecule has 0 fully saturated rings. The Hall–Kier alpha value is -1.96. The Kier molecular flexibility index (Phi) is 3.88. The van der Waals surface area contributed by atoms with Crippen LogP contribution in [0.4, 0.5) is 11.4 Å². The third-order valence-electron chi connectivity index (χ3n) is 3.18. The van der Waals surface area contributed by atoms with Crippen molar-refractivity contribution >= 4 is 11.4 Å². The highest BCUT2D eigenvalue weighted by molar-refractivity contribution is 5.68. The van der Waals surface area contributed by atoms with Gasteiger partial charge in [0.1, 0.15) is 0 Å². The molecule has 0 saturated heterocycles. The minimum Gasteiger partial charge on any atom is -0.397 e. The van der Waals surface area contributed by atoms with Crippen LogP contribution in [0.1, 0.15) is 11.1 Å². The van der Waals surface area contributed by atoms with Crippen molar-refractivity contribution in [3.63, 3.8) is 0 Å². The Balaban J connectivity index is 2.03. The molecule has 0 heterocycles. The van der Waals surface area contributed by atoms with Gasteiger partial charge in [0.05, 0.1) is 11.4 Å². The summed E-state index contributed by atoms with van der Waals surface area (Å²) in [6, 6.07) is 16.7. The van der Waals surface area contributed by atoms with E-state index in [4.69, 9.17) is 5.73 Å². The Morgan fingerprint density at radius 3 is 2.50 bits per heavy atom. The zero-order valence-electron chi connectivity index (χ0n) is 11.1. The van der Waals surface area contributed by atoms with Crippen LogP contribution in [-0.4, -0.2) is 13.6 Å². The van der Waals surface area contributed by atoms with Gasteiger partial charge in [-0.3, -0.25) is 0 Å². The molecule has 2 N–H and O–H groups in total. The molecule has 0 aromatic heterocycles. The first-order valence-corrected chi connectivity index (χ1v) is 6.28. The lowest BCUT2D eigenvalue weighted by Crippen LogP contribution is -2.21. The standard InChI is InChI=1S/C16H20N2/c1-13-8-9-15(17)16(12-13)18(2)11-10-14-6-4-3-5-7-14/h3-9,12H,10-11,17H2,1-2H3. The zero-order chi connectivity index (χ0) is 13.0. The Morgan fingerprint density at radius 1 is 1.06 bits per heavy atom. The van der Waals surface area contributed by atoms with E-state index in [1.807, 2.05) is 18.2 Å². The third-order valence-corrected chi connectivity index (χ3v) is 3.18. The van der Waals surface area contributed by atoms with E-state index in [1.54, 1.807) is 0 Å². The first-order chi connectivity index (χ1) is 8.66. The summed E-state index contributed by atoms with van der Waals surface area (Å²) in [6.45, 7) is 3.06. The molecule has 2 rings (SSSR count). The lowest BCUT2D eigenvalue weighted by Gasteiger charge is -2.21. The molecule has 0 aliphatic heterocycles. The number of anilines is 2. The SMILES string of the molecule is Cc1ccc(N)c(N(C)CCc2ccccc2)c1. The van der Waals surface area contributed by atoms with Crippen molar-refractivity contribution in [2.24, 2.45) is 0 Å². The maximum atomic E-state index is 6.02. The molecule has 2 nitrogen and oxygen atoms in total. The van der Waals surface area contributed by atoms with Gasteiger partial charge in [0, 0.05) is 13.6 Å². The van der Waals surface area contributed by atoms with Gasteiger partial charge in [-0.1, -0.05) is 36.4 Å². The van der Waals surface area contributed by atoms with Crippen molar-refractivity contribution in [3.05, 3.63) is 59.7 Å². The van der Waals surface area contributed by atoms with E-state index in [-0.39, 0.29) is 0 Å². The summed E-state index contributed by atoms with van der Waals surface area (Å²) in [7, 11) is 2.09. The minimum atomic E-state index is 0.844. The highest BCUT2D eigenvalue weighted by Crippen LogP contribution is 2.23. The average Bonchev–Trinajstić information content (AvgIpc) is 2.40. The number of nitrogens with two attached hydrogens (primary N) is 1. The predicted octanol–water partition coefficient (Wildman–Crippen LogP) is 3.26. The van der Waals surface area contributed by atoms with Crippen LogP contribution >= 0.6 is 0 Å². The Labute approximate surface area is 109 Å². The number of hydrogen-bond acceptors (Lipinski definition) is 2. The fourth-order valence-corrected chi connectivity index (χ4v) is 2.05. The Morgan fingerprint density at radius 2 is 1.78 bits per heavy atom. The monoisotopic (exact) mass is 240 g/mol. The van der Waals surface area contributed by atoms with Gasteiger partial charge >= 0.3 is 0 Å². The maximum absolute atomic E-state index is 6.02. The second-order valence-corrected chi connectivity index (χ2v) is 4.72. The van der Waals surface area contributed by atoms with Crippen molar-refractivity contribution in [2.75, 3.05) is 24.2 Å². The summed E-state index contributed by atoms with van der Waals surface area (Å²) in [5, 5.41) is 0. The van der Waals surface area contributed by atoms with Crippen LogP contribution in [0.2, 0.25) is 0 Å². The molecule has 0 bridgehead atoms. The largest absolute Gasteiger partial charge is 0.397 e. The van der Waals surface area contributed by atoms with Gasteiger partial charge in [0.25, 0.3) is 0 Å². The van der Waals surface area contributed by atoms with Gasteiger partial charge in [-0.15, -0.1) is 0 Å². The fraction of sp³-hybridized carbons (Fsp3) is 0.250. The molecule has 2 aromatic carbocycles. The molecule has 0 aliphatic carbocycles. The molecular weight excluding hydrogens is 220 g/mol. The molecule has 0 amide bonds. The van der Waals surface area contributed by atoms with Gasteiger partial charge < -0.3 is 10.6 Å². The van der Waals surface area contributed by atoms with Crippen LogP contribution in [0.15, 0.2) is 48.5 Å². The zero-order valence-corrected chi connectivity index (χ0v) is 11.1. The average molecular weight is 240 g/mol. The molecule has 0 unspecified atom stereocenters. The summed E-state index contributed by atoms with van der Waals surface area (Å²) in [6.07, 6.45) is 1.03. The molecule has 0 atom stereocenters. The lowest BCUT2D eigenvalue weighted by molar-refractivity contribution is 0.877. The van der Waals surface area contributed by atoms with Crippen molar-refractivity contribution < 1.29 is 0 Å². The number of aryl methyl sites for hydroxylation is 1. The van der Waals surface area contributed by atoms with E-state index in [9.17, 15) is 0 Å². The number of rotatable bonds is 4. The molecule has 94 valence electrons. The fourth-order valence-electron chi connectivity index (χ4n) is 2.05. The molecule has 0 radical (unpaired) electrons. The van der Waals surface area contributed by atoms with Gasteiger partial charge in [-0.05, 0) is 36.6 Å². The summed E-state index contributed by atoms with van der Waals surface area (Å²) in [5.41, 5.74) is 10.6. The van der Waals surface area contributed by atoms with Crippen molar-refractivity contribution in [2.45, 2.75) is 13.3 Å². The maximum Gasteiger partial charge on any atom is 0.0600 e.